The summed E-state index contributed by atoms with van der Waals surface area (Å²) in [4.78, 5) is 36.2. The summed E-state index contributed by atoms with van der Waals surface area (Å²) < 4.78 is 11.9. The van der Waals surface area contributed by atoms with Gasteiger partial charge in [-0.3, -0.25) is 14.3 Å². The third kappa shape index (κ3) is 3.78. The van der Waals surface area contributed by atoms with Crippen molar-refractivity contribution in [2.75, 3.05) is 7.11 Å². The number of pyridine rings is 1. The lowest BCUT2D eigenvalue weighted by molar-refractivity contribution is 0.0598. The van der Waals surface area contributed by atoms with Crippen LogP contribution in [-0.4, -0.2) is 27.6 Å². The Morgan fingerprint density at radius 1 is 1.30 bits per heavy atom. The van der Waals surface area contributed by atoms with Crippen molar-refractivity contribution in [3.63, 3.8) is 0 Å². The second kappa shape index (κ2) is 8.45. The first kappa shape index (κ1) is 20.4. The predicted molar refractivity (Wildman–Crippen MR) is 116 cm³/mol. The van der Waals surface area contributed by atoms with Crippen molar-refractivity contribution >= 4 is 39.3 Å². The van der Waals surface area contributed by atoms with Crippen LogP contribution in [0.25, 0.3) is 10.2 Å². The van der Waals surface area contributed by atoms with E-state index < -0.39 is 5.97 Å². The van der Waals surface area contributed by atoms with Gasteiger partial charge < -0.3 is 9.15 Å². The number of carbonyl (C=O) groups excluding carboxylic acids is 1. The van der Waals surface area contributed by atoms with E-state index in [2.05, 4.69) is 4.98 Å². The molecule has 0 saturated carbocycles. The second-order valence-corrected chi connectivity index (χ2v) is 8.75. The fraction of sp³-hybridized carbons (Fsp3) is 0.238. The third-order valence-electron chi connectivity index (χ3n) is 4.78. The van der Waals surface area contributed by atoms with Crippen molar-refractivity contribution in [2.45, 2.75) is 31.3 Å². The molecule has 0 spiro atoms. The van der Waals surface area contributed by atoms with Crippen molar-refractivity contribution in [3.8, 4) is 0 Å². The summed E-state index contributed by atoms with van der Waals surface area (Å²) >= 11 is 2.85. The van der Waals surface area contributed by atoms with Crippen molar-refractivity contribution < 1.29 is 13.9 Å². The molecule has 0 aromatic carbocycles. The second-order valence-electron chi connectivity index (χ2n) is 6.61. The standard InChI is InChI=1S/C21H19N3O4S2/c1-12-13(2)30-18-17(12)19(25)24(10-14-6-4-5-8-22-14)21(23-18)29-11-16-15(7-9-28-16)20(26)27-3/h4-9H,10-11H2,1-3H3. The molecule has 7 nitrogen and oxygen atoms in total. The Balaban J connectivity index is 1.76. The molecule has 0 fully saturated rings. The van der Waals surface area contributed by atoms with Crippen LogP contribution in [-0.2, 0) is 17.0 Å². The van der Waals surface area contributed by atoms with Gasteiger partial charge in [0.25, 0.3) is 5.56 Å². The minimum Gasteiger partial charge on any atom is -0.468 e. The average molecular weight is 442 g/mol. The van der Waals surface area contributed by atoms with Gasteiger partial charge in [-0.1, -0.05) is 17.8 Å². The highest BCUT2D eigenvalue weighted by atomic mass is 32.2. The molecule has 4 aromatic heterocycles. The van der Waals surface area contributed by atoms with E-state index in [0.717, 1.165) is 16.1 Å². The van der Waals surface area contributed by atoms with E-state index >= 15 is 0 Å². The molecule has 0 saturated heterocycles. The highest BCUT2D eigenvalue weighted by Crippen LogP contribution is 2.30. The van der Waals surface area contributed by atoms with Crippen LogP contribution in [0.2, 0.25) is 0 Å². The van der Waals surface area contributed by atoms with E-state index in [1.165, 1.54) is 36.5 Å². The minimum absolute atomic E-state index is 0.0948. The maximum Gasteiger partial charge on any atom is 0.341 e. The van der Waals surface area contributed by atoms with E-state index in [4.69, 9.17) is 14.1 Å². The van der Waals surface area contributed by atoms with Crippen LogP contribution >= 0.6 is 23.1 Å². The van der Waals surface area contributed by atoms with Gasteiger partial charge in [0.1, 0.15) is 16.2 Å². The molecule has 0 N–H and O–H groups in total. The van der Waals surface area contributed by atoms with Crippen LogP contribution in [0.1, 0.15) is 32.3 Å². The van der Waals surface area contributed by atoms with Crippen molar-refractivity contribution in [1.29, 1.82) is 0 Å². The van der Waals surface area contributed by atoms with Gasteiger partial charge in [-0.15, -0.1) is 11.3 Å². The average Bonchev–Trinajstić information content (AvgIpc) is 3.33. The highest BCUT2D eigenvalue weighted by molar-refractivity contribution is 7.98. The molecule has 154 valence electrons. The fourth-order valence-electron chi connectivity index (χ4n) is 3.09. The molecule has 0 bridgehead atoms. The quantitative estimate of drug-likeness (QED) is 0.252. The molecule has 0 unspecified atom stereocenters. The molecular formula is C21H19N3O4S2. The Morgan fingerprint density at radius 3 is 2.87 bits per heavy atom. The molecule has 4 heterocycles. The SMILES string of the molecule is COC(=O)c1ccoc1CSc1nc2sc(C)c(C)c2c(=O)n1Cc1ccccn1. The normalized spacial score (nSPS) is 11.2. The Kier molecular flexibility index (Phi) is 5.74. The van der Waals surface area contributed by atoms with E-state index in [9.17, 15) is 9.59 Å². The first-order valence-electron chi connectivity index (χ1n) is 9.17. The van der Waals surface area contributed by atoms with Crippen molar-refractivity contribution in [1.82, 2.24) is 14.5 Å². The van der Waals surface area contributed by atoms with Gasteiger partial charge in [0.15, 0.2) is 5.16 Å². The van der Waals surface area contributed by atoms with Gasteiger partial charge in [-0.25, -0.2) is 9.78 Å². The molecule has 0 aliphatic heterocycles. The van der Waals surface area contributed by atoms with E-state index in [1.807, 2.05) is 32.0 Å². The number of ether oxygens (including phenoxy) is 1. The van der Waals surface area contributed by atoms with Crippen molar-refractivity contribution in [3.05, 3.63) is 74.5 Å². The topological polar surface area (TPSA) is 87.2 Å². The van der Waals surface area contributed by atoms with Crippen LogP contribution in [0.3, 0.4) is 0 Å². The number of carbonyl (C=O) groups is 1. The molecule has 0 amide bonds. The summed E-state index contributed by atoms with van der Waals surface area (Å²) in [5, 5.41) is 1.19. The molecule has 0 atom stereocenters. The zero-order chi connectivity index (χ0) is 21.3. The Morgan fingerprint density at radius 2 is 2.13 bits per heavy atom. The third-order valence-corrected chi connectivity index (χ3v) is 6.86. The summed E-state index contributed by atoms with van der Waals surface area (Å²) in [6.07, 6.45) is 3.15. The fourth-order valence-corrected chi connectivity index (χ4v) is 5.11. The molecule has 0 aliphatic carbocycles. The Labute approximate surface area is 180 Å². The molecular weight excluding hydrogens is 422 g/mol. The van der Waals surface area contributed by atoms with Crippen LogP contribution in [0.4, 0.5) is 0 Å². The smallest absolute Gasteiger partial charge is 0.341 e. The summed E-state index contributed by atoms with van der Waals surface area (Å²) in [5.74, 6) is 0.350. The lowest BCUT2D eigenvalue weighted by Gasteiger charge is -2.12. The summed E-state index contributed by atoms with van der Waals surface area (Å²) in [6, 6.07) is 7.17. The van der Waals surface area contributed by atoms with Gasteiger partial charge in [0, 0.05) is 11.1 Å². The number of esters is 1. The molecule has 4 rings (SSSR count). The van der Waals surface area contributed by atoms with E-state index in [0.29, 0.717) is 39.0 Å². The van der Waals surface area contributed by atoms with E-state index in [1.54, 1.807) is 16.8 Å². The van der Waals surface area contributed by atoms with Gasteiger partial charge in [-0.2, -0.15) is 0 Å². The number of hydrogen-bond acceptors (Lipinski definition) is 8. The number of fused-ring (bicyclic) bond motifs is 1. The number of nitrogens with zero attached hydrogens (tertiary/aromatic N) is 3. The molecule has 0 radical (unpaired) electrons. The first-order chi connectivity index (χ1) is 14.5. The van der Waals surface area contributed by atoms with Gasteiger partial charge in [0.05, 0.1) is 36.8 Å². The first-order valence-corrected chi connectivity index (χ1v) is 11.0. The number of thiophene rings is 1. The predicted octanol–water partition coefficient (Wildman–Crippen LogP) is 4.19. The van der Waals surface area contributed by atoms with Crippen LogP contribution in [0.15, 0.2) is 51.1 Å². The number of aryl methyl sites for hydroxylation is 2. The van der Waals surface area contributed by atoms with Gasteiger partial charge in [-0.05, 0) is 37.6 Å². The van der Waals surface area contributed by atoms with E-state index in [-0.39, 0.29) is 5.56 Å². The summed E-state index contributed by atoms with van der Waals surface area (Å²) in [7, 11) is 1.33. The molecule has 9 heteroatoms. The number of furan rings is 1. The number of thioether (sulfide) groups is 1. The Hall–Kier alpha value is -2.91. The zero-order valence-electron chi connectivity index (χ0n) is 16.7. The number of aromatic nitrogens is 3. The van der Waals surface area contributed by atoms with Crippen LogP contribution in [0, 0.1) is 13.8 Å². The summed E-state index contributed by atoms with van der Waals surface area (Å²) in [5.41, 5.74) is 1.99. The largest absolute Gasteiger partial charge is 0.468 e. The highest BCUT2D eigenvalue weighted by Gasteiger charge is 2.20. The molecule has 0 aliphatic rings. The Bertz CT molecular complexity index is 1270. The summed E-state index contributed by atoms with van der Waals surface area (Å²) in [6.45, 7) is 4.24. The number of rotatable bonds is 6. The van der Waals surface area contributed by atoms with Crippen LogP contribution < -0.4 is 5.56 Å². The maximum absolute atomic E-state index is 13.4. The van der Waals surface area contributed by atoms with Crippen LogP contribution in [0.5, 0.6) is 0 Å². The molecule has 4 aromatic rings. The minimum atomic E-state index is -0.460. The van der Waals surface area contributed by atoms with Gasteiger partial charge >= 0.3 is 5.97 Å². The maximum atomic E-state index is 13.4. The van der Waals surface area contributed by atoms with Gasteiger partial charge in [0.2, 0.25) is 0 Å². The number of methoxy groups -OCH3 is 1. The molecule has 30 heavy (non-hydrogen) atoms. The monoisotopic (exact) mass is 441 g/mol. The lowest BCUT2D eigenvalue weighted by Crippen LogP contribution is -2.24. The zero-order valence-corrected chi connectivity index (χ0v) is 18.3. The lowest BCUT2D eigenvalue weighted by atomic mass is 10.2. The van der Waals surface area contributed by atoms with Crippen molar-refractivity contribution in [2.24, 2.45) is 0 Å². The number of hydrogen-bond donors (Lipinski definition) is 0.